The third-order valence-corrected chi connectivity index (χ3v) is 11.2. The minimum Gasteiger partial charge on any atom is -0.455 e. The molecule has 2 N–H and O–H groups in total. The summed E-state index contributed by atoms with van der Waals surface area (Å²) < 4.78 is 37.9. The molecule has 0 aromatic heterocycles. The summed E-state index contributed by atoms with van der Waals surface area (Å²) in [5.74, 6) is -3.18. The van der Waals surface area contributed by atoms with E-state index in [4.69, 9.17) is 28.4 Å². The summed E-state index contributed by atoms with van der Waals surface area (Å²) in [6.07, 6.45) is -4.74. The van der Waals surface area contributed by atoms with E-state index in [2.05, 4.69) is 0 Å². The summed E-state index contributed by atoms with van der Waals surface area (Å²) in [6, 6.07) is 8.56. The number of ether oxygens (including phenoxy) is 6. The molecule has 2 heterocycles. The second-order valence-electron chi connectivity index (χ2n) is 14.2. The van der Waals surface area contributed by atoms with Crippen molar-refractivity contribution in [1.29, 1.82) is 0 Å². The van der Waals surface area contributed by atoms with E-state index in [1.807, 2.05) is 41.5 Å². The summed E-state index contributed by atoms with van der Waals surface area (Å²) >= 11 is 0. The van der Waals surface area contributed by atoms with Crippen LogP contribution >= 0.6 is 0 Å². The van der Waals surface area contributed by atoms with E-state index in [1.54, 1.807) is 37.4 Å². The predicted octanol–water partition coefficient (Wildman–Crippen LogP) is 3.33. The van der Waals surface area contributed by atoms with Crippen LogP contribution in [-0.2, 0) is 33.2 Å². The third kappa shape index (κ3) is 4.13. The van der Waals surface area contributed by atoms with E-state index in [-0.39, 0.29) is 19.4 Å². The van der Waals surface area contributed by atoms with Gasteiger partial charge in [-0.15, -0.1) is 0 Å². The zero-order valence-electron chi connectivity index (χ0n) is 26.2. The first-order valence-corrected chi connectivity index (χ1v) is 15.1. The molecule has 10 nitrogen and oxygen atoms in total. The van der Waals surface area contributed by atoms with E-state index in [0.29, 0.717) is 5.56 Å². The number of aliphatic hydroxyl groups is 2. The highest BCUT2D eigenvalue weighted by Gasteiger charge is 2.79. The molecule has 6 rings (SSSR count). The van der Waals surface area contributed by atoms with Crippen molar-refractivity contribution in [2.45, 2.75) is 115 Å². The van der Waals surface area contributed by atoms with Gasteiger partial charge in [-0.2, -0.15) is 0 Å². The Labute approximate surface area is 252 Å². The second-order valence-corrected chi connectivity index (χ2v) is 14.2. The van der Waals surface area contributed by atoms with Crippen molar-refractivity contribution < 1.29 is 48.2 Å². The zero-order chi connectivity index (χ0) is 31.3. The zero-order valence-corrected chi connectivity index (χ0v) is 26.2. The fourth-order valence-corrected chi connectivity index (χ4v) is 9.02. The third-order valence-electron chi connectivity index (χ3n) is 11.2. The molecule has 236 valence electrons. The normalized spacial score (nSPS) is 44.1. The van der Waals surface area contributed by atoms with Crippen LogP contribution in [0.25, 0.3) is 0 Å². The number of fused-ring (bicyclic) bond motifs is 8. The number of hydrogen-bond acceptors (Lipinski definition) is 10. The van der Waals surface area contributed by atoms with Crippen molar-refractivity contribution in [3.8, 4) is 0 Å². The van der Waals surface area contributed by atoms with Crippen LogP contribution < -0.4 is 0 Å². The van der Waals surface area contributed by atoms with Crippen molar-refractivity contribution in [3.05, 3.63) is 47.0 Å². The molecule has 10 atom stereocenters. The molecule has 10 heteroatoms. The van der Waals surface area contributed by atoms with Gasteiger partial charge in [0.05, 0.1) is 36.4 Å². The van der Waals surface area contributed by atoms with Gasteiger partial charge in [0.15, 0.2) is 11.4 Å². The number of benzene rings is 1. The van der Waals surface area contributed by atoms with E-state index in [0.717, 1.165) is 11.1 Å². The summed E-state index contributed by atoms with van der Waals surface area (Å²) in [6.45, 7) is 12.7. The van der Waals surface area contributed by atoms with Crippen molar-refractivity contribution in [3.63, 3.8) is 0 Å². The molecule has 2 saturated heterocycles. The quantitative estimate of drug-likeness (QED) is 0.392. The highest BCUT2D eigenvalue weighted by molar-refractivity contribution is 5.89. The number of hydrogen-bond donors (Lipinski definition) is 2. The highest BCUT2D eigenvalue weighted by Crippen LogP contribution is 2.67. The van der Waals surface area contributed by atoms with E-state index in [1.165, 1.54) is 6.92 Å². The average Bonchev–Trinajstić information content (AvgIpc) is 3.25. The van der Waals surface area contributed by atoms with Gasteiger partial charge < -0.3 is 38.6 Å². The van der Waals surface area contributed by atoms with Crippen LogP contribution in [0.3, 0.4) is 0 Å². The van der Waals surface area contributed by atoms with Crippen LogP contribution in [0.2, 0.25) is 0 Å². The largest absolute Gasteiger partial charge is 0.455 e. The van der Waals surface area contributed by atoms with Crippen LogP contribution in [0, 0.1) is 16.7 Å². The van der Waals surface area contributed by atoms with E-state index >= 15 is 0 Å². The van der Waals surface area contributed by atoms with E-state index in [9.17, 15) is 19.8 Å². The Morgan fingerprint density at radius 3 is 2.30 bits per heavy atom. The molecule has 5 aliphatic rings. The molecule has 43 heavy (non-hydrogen) atoms. The molecule has 0 amide bonds. The molecule has 0 spiro atoms. The van der Waals surface area contributed by atoms with Crippen LogP contribution in [0.5, 0.6) is 0 Å². The smallest absolute Gasteiger partial charge is 0.338 e. The predicted molar refractivity (Wildman–Crippen MR) is 153 cm³/mol. The molecule has 3 aliphatic carbocycles. The molecular formula is C33H44O10. The van der Waals surface area contributed by atoms with Gasteiger partial charge in [-0.1, -0.05) is 39.0 Å². The summed E-state index contributed by atoms with van der Waals surface area (Å²) in [5.41, 5.74) is -3.36. The lowest BCUT2D eigenvalue weighted by molar-refractivity contribution is -0.362. The lowest BCUT2D eigenvalue weighted by Crippen LogP contribution is -2.82. The molecule has 2 bridgehead atoms. The summed E-state index contributed by atoms with van der Waals surface area (Å²) in [7, 11) is 1.58. The molecule has 2 saturated carbocycles. The minimum absolute atomic E-state index is 0.0111. The first-order chi connectivity index (χ1) is 20.0. The Morgan fingerprint density at radius 2 is 1.72 bits per heavy atom. The average molecular weight is 601 g/mol. The topological polar surface area (TPSA) is 130 Å². The van der Waals surface area contributed by atoms with Crippen molar-refractivity contribution in [1.82, 2.24) is 0 Å². The Morgan fingerprint density at radius 1 is 1.05 bits per heavy atom. The maximum atomic E-state index is 13.9. The maximum Gasteiger partial charge on any atom is 0.338 e. The lowest BCUT2D eigenvalue weighted by Gasteiger charge is -2.69. The van der Waals surface area contributed by atoms with Gasteiger partial charge in [0.1, 0.15) is 23.9 Å². The first-order valence-electron chi connectivity index (χ1n) is 15.1. The number of aliphatic hydroxyl groups excluding tert-OH is 1. The molecule has 1 aromatic carbocycles. The number of carbonyl (C=O) groups excluding carboxylic acids is 2. The molecule has 2 aliphatic heterocycles. The first kappa shape index (κ1) is 30.7. The molecule has 1 aromatic rings. The molecule has 0 radical (unpaired) electrons. The molecule has 10 unspecified atom stereocenters. The Hall–Kier alpha value is -2.34. The fourth-order valence-electron chi connectivity index (χ4n) is 9.02. The number of rotatable bonds is 4. The van der Waals surface area contributed by atoms with Crippen molar-refractivity contribution >= 4 is 11.9 Å². The standard InChI is InChI=1S/C33H44O10/c1-17-20(38-8)15-33(37)27(40-28(36)19-12-10-9-11-13-19)25-31(7,21(35)14-22-32(25,16-39-22)41-18(2)34)26-24(23(17)29(33,3)4)42-30(5,6)43-26/h9-13,20-22,24-27,35,37H,14-16H2,1-8H3. The van der Waals surface area contributed by atoms with Gasteiger partial charge in [-0.05, 0) is 44.1 Å². The van der Waals surface area contributed by atoms with Gasteiger partial charge in [0, 0.05) is 37.7 Å². The van der Waals surface area contributed by atoms with Gasteiger partial charge in [-0.3, -0.25) is 4.79 Å². The van der Waals surface area contributed by atoms with Crippen molar-refractivity contribution in [2.75, 3.05) is 13.7 Å². The van der Waals surface area contributed by atoms with Crippen LogP contribution in [-0.4, -0.2) is 89.5 Å². The van der Waals surface area contributed by atoms with Crippen LogP contribution in [0.15, 0.2) is 41.5 Å². The van der Waals surface area contributed by atoms with Crippen LogP contribution in [0.1, 0.15) is 71.7 Å². The monoisotopic (exact) mass is 600 g/mol. The van der Waals surface area contributed by atoms with Gasteiger partial charge in [0.25, 0.3) is 0 Å². The van der Waals surface area contributed by atoms with Gasteiger partial charge in [-0.25, -0.2) is 4.79 Å². The number of esters is 2. The SMILES string of the molecule is COC1CC2(O)C(OC(=O)c3ccccc3)C3C4(OC(C)=O)COC4CC(O)C3(C)C3OC(C)(C)OC3C(=C1C)C2(C)C. The summed E-state index contributed by atoms with van der Waals surface area (Å²) in [5, 5.41) is 25.3. The van der Waals surface area contributed by atoms with Crippen molar-refractivity contribution in [2.24, 2.45) is 16.7 Å². The van der Waals surface area contributed by atoms with Crippen LogP contribution in [0.4, 0.5) is 0 Å². The van der Waals surface area contributed by atoms with Gasteiger partial charge in [0.2, 0.25) is 0 Å². The fraction of sp³-hybridized carbons (Fsp3) is 0.697. The Balaban J connectivity index is 1.67. The Kier molecular flexibility index (Phi) is 7.01. The van der Waals surface area contributed by atoms with E-state index < -0.39 is 82.3 Å². The second kappa shape index (κ2) is 9.83. The number of carbonyl (C=O) groups is 2. The minimum atomic E-state index is -1.76. The molecule has 4 fully saturated rings. The summed E-state index contributed by atoms with van der Waals surface area (Å²) in [4.78, 5) is 26.7. The molecular weight excluding hydrogens is 556 g/mol. The maximum absolute atomic E-state index is 13.9. The number of methoxy groups -OCH3 is 1. The highest BCUT2D eigenvalue weighted by atomic mass is 16.8. The Bertz CT molecular complexity index is 1340. The lowest BCUT2D eigenvalue weighted by atomic mass is 9.44. The van der Waals surface area contributed by atoms with Gasteiger partial charge >= 0.3 is 11.9 Å².